The summed E-state index contributed by atoms with van der Waals surface area (Å²) in [6, 6.07) is 1.05. The van der Waals surface area contributed by atoms with Crippen LogP contribution in [-0.2, 0) is 4.79 Å². The maximum Gasteiger partial charge on any atom is 0.341 e. The number of amides is 1. The Morgan fingerprint density at radius 1 is 1.27 bits per heavy atom. The first-order chi connectivity index (χ1) is 14.2. The number of fused-ring (bicyclic) bond motifs is 1. The first-order valence-corrected chi connectivity index (χ1v) is 9.95. The summed E-state index contributed by atoms with van der Waals surface area (Å²) in [5.74, 6) is -1.80. The van der Waals surface area contributed by atoms with E-state index < -0.39 is 17.2 Å². The highest BCUT2D eigenvalue weighted by atomic mass is 19.1. The number of nitrogens with zero attached hydrogens (tertiary/aromatic N) is 3. The van der Waals surface area contributed by atoms with Crippen LogP contribution >= 0.6 is 0 Å². The first-order valence-electron chi connectivity index (χ1n) is 9.95. The van der Waals surface area contributed by atoms with Gasteiger partial charge >= 0.3 is 5.97 Å². The van der Waals surface area contributed by atoms with E-state index in [9.17, 15) is 19.5 Å². The average molecular weight is 417 g/mol. The summed E-state index contributed by atoms with van der Waals surface area (Å²) in [4.78, 5) is 39.7. The highest BCUT2D eigenvalue weighted by molar-refractivity contribution is 5.97. The van der Waals surface area contributed by atoms with Crippen LogP contribution in [0.1, 0.15) is 43.1 Å². The lowest BCUT2D eigenvalue weighted by molar-refractivity contribution is -0.131. The molecule has 0 bridgehead atoms. The summed E-state index contributed by atoms with van der Waals surface area (Å²) in [6.07, 6.45) is 3.04. The van der Waals surface area contributed by atoms with Crippen molar-refractivity contribution in [2.75, 3.05) is 31.6 Å². The highest BCUT2D eigenvalue weighted by Crippen LogP contribution is 2.44. The summed E-state index contributed by atoms with van der Waals surface area (Å²) in [5, 5.41) is 9.42. The SMILES string of the molecule is COc1c(N2CCN(C(C)=O)[C@@H](C)C2)c(F)cc2c(=O)c(C(=O)O)cn(C3CC3)c12. The zero-order chi connectivity index (χ0) is 21.7. The van der Waals surface area contributed by atoms with Gasteiger partial charge in [0.2, 0.25) is 11.3 Å². The van der Waals surface area contributed by atoms with Crippen LogP contribution in [0.15, 0.2) is 17.1 Å². The number of aromatic carboxylic acids is 1. The monoisotopic (exact) mass is 417 g/mol. The van der Waals surface area contributed by atoms with Gasteiger partial charge in [-0.3, -0.25) is 9.59 Å². The zero-order valence-electron chi connectivity index (χ0n) is 17.1. The van der Waals surface area contributed by atoms with Crippen molar-refractivity contribution in [3.05, 3.63) is 33.9 Å². The van der Waals surface area contributed by atoms with E-state index in [2.05, 4.69) is 0 Å². The Morgan fingerprint density at radius 3 is 2.50 bits per heavy atom. The second kappa shape index (κ2) is 7.30. The number of carboxylic acids is 1. The molecule has 2 heterocycles. The molecule has 1 N–H and O–H groups in total. The number of aromatic nitrogens is 1. The van der Waals surface area contributed by atoms with Gasteiger partial charge in [0, 0.05) is 44.8 Å². The zero-order valence-corrected chi connectivity index (χ0v) is 17.1. The third kappa shape index (κ3) is 3.18. The van der Waals surface area contributed by atoms with Gasteiger partial charge in [-0.25, -0.2) is 9.18 Å². The number of hydrogen-bond acceptors (Lipinski definition) is 5. The fraction of sp³-hybridized carbons (Fsp3) is 0.476. The van der Waals surface area contributed by atoms with Crippen molar-refractivity contribution in [3.8, 4) is 5.75 Å². The van der Waals surface area contributed by atoms with Crippen molar-refractivity contribution < 1.29 is 23.8 Å². The molecule has 9 heteroatoms. The van der Waals surface area contributed by atoms with Crippen molar-refractivity contribution >= 4 is 28.5 Å². The first kappa shape index (κ1) is 20.2. The summed E-state index contributed by atoms with van der Waals surface area (Å²) in [7, 11) is 1.42. The molecule has 1 atom stereocenters. The van der Waals surface area contributed by atoms with Crippen molar-refractivity contribution in [2.45, 2.75) is 38.8 Å². The minimum absolute atomic E-state index is 0.00433. The lowest BCUT2D eigenvalue weighted by Crippen LogP contribution is -2.53. The molecule has 2 aliphatic rings. The molecule has 1 aliphatic carbocycles. The van der Waals surface area contributed by atoms with Gasteiger partial charge in [-0.2, -0.15) is 0 Å². The van der Waals surface area contributed by atoms with E-state index in [1.165, 1.54) is 20.2 Å². The van der Waals surface area contributed by atoms with Crippen LogP contribution in [0.3, 0.4) is 0 Å². The molecule has 8 nitrogen and oxygen atoms in total. The van der Waals surface area contributed by atoms with Crippen LogP contribution < -0.4 is 15.1 Å². The molecule has 1 aromatic carbocycles. The van der Waals surface area contributed by atoms with Crippen LogP contribution in [0.25, 0.3) is 10.9 Å². The molecule has 1 amide bonds. The number of rotatable bonds is 4. The van der Waals surface area contributed by atoms with Crippen molar-refractivity contribution in [3.63, 3.8) is 0 Å². The number of anilines is 1. The molecule has 160 valence electrons. The van der Waals surface area contributed by atoms with Gasteiger partial charge in [0.05, 0.1) is 18.0 Å². The molecular weight excluding hydrogens is 393 g/mol. The molecule has 0 spiro atoms. The Morgan fingerprint density at radius 2 is 1.97 bits per heavy atom. The average Bonchev–Trinajstić information content (AvgIpc) is 3.52. The highest BCUT2D eigenvalue weighted by Gasteiger charge is 2.33. The number of carbonyl (C=O) groups is 2. The molecule has 2 aromatic rings. The fourth-order valence-corrected chi connectivity index (χ4v) is 4.35. The molecule has 1 aliphatic heterocycles. The van der Waals surface area contributed by atoms with Crippen LogP contribution in [0.2, 0.25) is 0 Å². The number of carbonyl (C=O) groups excluding carboxylic acids is 1. The Kier molecular flexibility index (Phi) is 4.91. The van der Waals surface area contributed by atoms with Gasteiger partial charge < -0.3 is 24.2 Å². The molecule has 1 saturated heterocycles. The molecule has 1 saturated carbocycles. The maximum absolute atomic E-state index is 15.3. The predicted molar refractivity (Wildman–Crippen MR) is 109 cm³/mol. The second-order valence-electron chi connectivity index (χ2n) is 7.96. The summed E-state index contributed by atoms with van der Waals surface area (Å²) < 4.78 is 22.6. The Balaban J connectivity index is 1.92. The van der Waals surface area contributed by atoms with E-state index in [1.54, 1.807) is 9.47 Å². The predicted octanol–water partition coefficient (Wildman–Crippen LogP) is 2.24. The Bertz CT molecular complexity index is 1110. The fourth-order valence-electron chi connectivity index (χ4n) is 4.35. The van der Waals surface area contributed by atoms with Crippen molar-refractivity contribution in [1.29, 1.82) is 0 Å². The van der Waals surface area contributed by atoms with E-state index in [-0.39, 0.29) is 40.4 Å². The number of piperazine rings is 1. The molecule has 0 unspecified atom stereocenters. The molecule has 0 radical (unpaired) electrons. The summed E-state index contributed by atoms with van der Waals surface area (Å²) in [6.45, 7) is 4.70. The number of halogens is 1. The molecule has 4 rings (SSSR count). The molecule has 2 fully saturated rings. The van der Waals surface area contributed by atoms with E-state index >= 15 is 4.39 Å². The quantitative estimate of drug-likeness (QED) is 0.820. The van der Waals surface area contributed by atoms with Gasteiger partial charge in [-0.15, -0.1) is 0 Å². The van der Waals surface area contributed by atoms with Gasteiger partial charge in [0.25, 0.3) is 0 Å². The third-order valence-electron chi connectivity index (χ3n) is 5.92. The van der Waals surface area contributed by atoms with Crippen LogP contribution in [0, 0.1) is 5.82 Å². The number of carboxylic acid groups (broad SMARTS) is 1. The number of hydrogen-bond donors (Lipinski definition) is 1. The lowest BCUT2D eigenvalue weighted by atomic mass is 10.1. The maximum atomic E-state index is 15.3. The van der Waals surface area contributed by atoms with E-state index in [4.69, 9.17) is 4.74 Å². The second-order valence-corrected chi connectivity index (χ2v) is 7.96. The minimum atomic E-state index is -1.34. The van der Waals surface area contributed by atoms with Gasteiger partial charge in [-0.05, 0) is 25.8 Å². The lowest BCUT2D eigenvalue weighted by Gasteiger charge is -2.41. The van der Waals surface area contributed by atoms with Crippen LogP contribution in [0.5, 0.6) is 5.75 Å². The minimum Gasteiger partial charge on any atom is -0.492 e. The number of methoxy groups -OCH3 is 1. The van der Waals surface area contributed by atoms with Gasteiger partial charge in [0.15, 0.2) is 11.6 Å². The summed E-state index contributed by atoms with van der Waals surface area (Å²) >= 11 is 0. The van der Waals surface area contributed by atoms with E-state index in [0.29, 0.717) is 25.2 Å². The normalized spacial score (nSPS) is 19.3. The number of pyridine rings is 1. The standard InChI is InChI=1S/C21H24FN3O5/c1-11-9-23(6-7-24(11)12(2)26)18-16(22)8-14-17(20(18)30-3)25(13-4-5-13)10-15(19(14)27)21(28)29/h8,10-11,13H,4-7,9H2,1-3H3,(H,28,29)/t11-/m0/s1. The largest absolute Gasteiger partial charge is 0.492 e. The molecule has 30 heavy (non-hydrogen) atoms. The van der Waals surface area contributed by atoms with E-state index in [1.807, 2.05) is 11.8 Å². The smallest absolute Gasteiger partial charge is 0.341 e. The van der Waals surface area contributed by atoms with Gasteiger partial charge in [0.1, 0.15) is 11.3 Å². The Hall–Kier alpha value is -3.10. The topological polar surface area (TPSA) is 92.1 Å². The number of benzene rings is 1. The van der Waals surface area contributed by atoms with Crippen LogP contribution in [-0.4, -0.2) is 59.2 Å². The Labute approximate surface area is 172 Å². The summed E-state index contributed by atoms with van der Waals surface area (Å²) in [5.41, 5.74) is -0.467. The van der Waals surface area contributed by atoms with Crippen molar-refractivity contribution in [2.24, 2.45) is 0 Å². The molecule has 1 aromatic heterocycles. The van der Waals surface area contributed by atoms with Gasteiger partial charge in [-0.1, -0.05) is 0 Å². The van der Waals surface area contributed by atoms with Crippen molar-refractivity contribution in [1.82, 2.24) is 9.47 Å². The third-order valence-corrected chi connectivity index (χ3v) is 5.92. The number of ether oxygens (including phenoxy) is 1. The molecular formula is C21H24FN3O5. The van der Waals surface area contributed by atoms with E-state index in [0.717, 1.165) is 18.9 Å². The van der Waals surface area contributed by atoms with Crippen LogP contribution in [0.4, 0.5) is 10.1 Å².